The standard InChI is InChI=1S/C37H49N3O9/c1-8-26(22-38-21-20-27-24(6)39-29-15-13-12-14-28(27)29)18-16-23(5)17-19-30(41)40-49-37-36(48-33(44)11-4)35(47-32(43)10-3)34(25(7)45-37)46-31(42)9-2/h8,12-19,25,34-39H,1,9-11,20-22H2,2-7H3,(H,40,41)/b19-17+,23-16+,26-18+/t25-,34+,35+,36-,37-/m0/s1. The van der Waals surface area contributed by atoms with E-state index in [1.54, 1.807) is 39.8 Å². The lowest BCUT2D eigenvalue weighted by Crippen LogP contribution is -2.62. The van der Waals surface area contributed by atoms with Crippen LogP contribution in [0.4, 0.5) is 0 Å². The van der Waals surface area contributed by atoms with E-state index in [0.29, 0.717) is 6.54 Å². The van der Waals surface area contributed by atoms with Gasteiger partial charge in [-0.15, -0.1) is 0 Å². The first kappa shape index (κ1) is 38.9. The number of hydrogen-bond donors (Lipinski definition) is 3. The number of fused-ring (bicyclic) bond motifs is 1. The summed E-state index contributed by atoms with van der Waals surface area (Å²) in [5.74, 6) is -2.41. The van der Waals surface area contributed by atoms with Crippen molar-refractivity contribution in [3.8, 4) is 0 Å². The summed E-state index contributed by atoms with van der Waals surface area (Å²) >= 11 is 0. The number of aromatic amines is 1. The first-order valence-electron chi connectivity index (χ1n) is 16.6. The van der Waals surface area contributed by atoms with Crippen molar-refractivity contribution in [2.24, 2.45) is 0 Å². The van der Waals surface area contributed by atoms with E-state index in [2.05, 4.69) is 41.4 Å². The number of amides is 1. The zero-order chi connectivity index (χ0) is 35.9. The topological polar surface area (TPSA) is 154 Å². The second kappa shape index (κ2) is 19.5. The Morgan fingerprint density at radius 1 is 0.918 bits per heavy atom. The molecule has 0 radical (unpaired) electrons. The summed E-state index contributed by atoms with van der Waals surface area (Å²) in [6.45, 7) is 15.7. The maximum Gasteiger partial charge on any atom is 0.306 e. The van der Waals surface area contributed by atoms with Gasteiger partial charge in [0.05, 0.1) is 6.10 Å². The number of nitrogens with one attached hydrogen (secondary N) is 3. The van der Waals surface area contributed by atoms with Crippen LogP contribution >= 0.6 is 0 Å². The van der Waals surface area contributed by atoms with Crippen molar-refractivity contribution in [3.05, 3.63) is 83.6 Å². The number of esters is 3. The first-order valence-corrected chi connectivity index (χ1v) is 16.6. The molecule has 2 heterocycles. The van der Waals surface area contributed by atoms with Crippen molar-refractivity contribution in [2.45, 2.75) is 97.9 Å². The maximum absolute atomic E-state index is 12.7. The predicted octanol–water partition coefficient (Wildman–Crippen LogP) is 4.98. The summed E-state index contributed by atoms with van der Waals surface area (Å²) in [6.07, 6.45) is 3.61. The maximum atomic E-state index is 12.7. The molecular formula is C37H49N3O9. The highest BCUT2D eigenvalue weighted by Gasteiger charge is 2.51. The Labute approximate surface area is 287 Å². The molecule has 3 rings (SSSR count). The Morgan fingerprint density at radius 2 is 1.55 bits per heavy atom. The number of rotatable bonds is 17. The second-order valence-electron chi connectivity index (χ2n) is 11.6. The van der Waals surface area contributed by atoms with E-state index in [1.165, 1.54) is 22.7 Å². The minimum atomic E-state index is -1.36. The Hall–Kier alpha value is -4.52. The van der Waals surface area contributed by atoms with Crippen molar-refractivity contribution in [3.63, 3.8) is 0 Å². The molecule has 12 heteroatoms. The fourth-order valence-corrected chi connectivity index (χ4v) is 5.15. The molecule has 266 valence electrons. The van der Waals surface area contributed by atoms with Crippen LogP contribution in [-0.2, 0) is 49.4 Å². The molecule has 1 aliphatic heterocycles. The minimum absolute atomic E-state index is 0.0100. The highest BCUT2D eigenvalue weighted by molar-refractivity contribution is 5.87. The predicted molar refractivity (Wildman–Crippen MR) is 185 cm³/mol. The largest absolute Gasteiger partial charge is 0.455 e. The highest BCUT2D eigenvalue weighted by Crippen LogP contribution is 2.29. The molecule has 1 aromatic heterocycles. The molecular weight excluding hydrogens is 630 g/mol. The van der Waals surface area contributed by atoms with E-state index < -0.39 is 54.5 Å². The van der Waals surface area contributed by atoms with E-state index in [9.17, 15) is 19.2 Å². The number of carbonyl (C=O) groups excluding carboxylic acids is 4. The molecule has 3 N–H and O–H groups in total. The molecule has 1 saturated heterocycles. The number of aromatic nitrogens is 1. The average molecular weight is 680 g/mol. The van der Waals surface area contributed by atoms with Gasteiger partial charge in [-0.05, 0) is 50.9 Å². The fraction of sp³-hybridized carbons (Fsp3) is 0.459. The minimum Gasteiger partial charge on any atom is -0.455 e. The van der Waals surface area contributed by atoms with Crippen LogP contribution < -0.4 is 10.8 Å². The van der Waals surface area contributed by atoms with Gasteiger partial charge < -0.3 is 29.2 Å². The number of para-hydroxylation sites is 1. The number of carbonyl (C=O) groups is 4. The molecule has 0 bridgehead atoms. The van der Waals surface area contributed by atoms with E-state index in [4.69, 9.17) is 23.8 Å². The lowest BCUT2D eigenvalue weighted by molar-refractivity contribution is -0.312. The number of ether oxygens (including phenoxy) is 4. The Balaban J connectivity index is 1.59. The van der Waals surface area contributed by atoms with Crippen LogP contribution in [0.5, 0.6) is 0 Å². The zero-order valence-corrected chi connectivity index (χ0v) is 29.2. The first-order chi connectivity index (χ1) is 23.5. The molecule has 1 aromatic carbocycles. The Kier molecular flexibility index (Phi) is 15.5. The molecule has 1 aliphatic rings. The van der Waals surface area contributed by atoms with Gasteiger partial charge in [0, 0.05) is 48.5 Å². The van der Waals surface area contributed by atoms with Crippen LogP contribution in [0.15, 0.2) is 72.4 Å². The third kappa shape index (κ3) is 11.6. The van der Waals surface area contributed by atoms with Gasteiger partial charge in [-0.2, -0.15) is 0 Å². The summed E-state index contributed by atoms with van der Waals surface area (Å²) in [5, 5.41) is 4.71. The normalized spacial score (nSPS) is 21.4. The van der Waals surface area contributed by atoms with Gasteiger partial charge in [0.25, 0.3) is 5.91 Å². The fourth-order valence-electron chi connectivity index (χ4n) is 5.15. The molecule has 1 amide bonds. The molecule has 49 heavy (non-hydrogen) atoms. The lowest BCUT2D eigenvalue weighted by Gasteiger charge is -2.43. The van der Waals surface area contributed by atoms with Gasteiger partial charge in [-0.1, -0.05) is 75.4 Å². The zero-order valence-electron chi connectivity index (χ0n) is 29.2. The summed E-state index contributed by atoms with van der Waals surface area (Å²) in [7, 11) is 0. The van der Waals surface area contributed by atoms with Gasteiger partial charge in [0.1, 0.15) is 0 Å². The number of aryl methyl sites for hydroxylation is 1. The van der Waals surface area contributed by atoms with E-state index in [1.807, 2.05) is 31.2 Å². The molecule has 12 nitrogen and oxygen atoms in total. The highest BCUT2D eigenvalue weighted by atomic mass is 16.8. The van der Waals surface area contributed by atoms with Crippen LogP contribution in [-0.4, -0.2) is 72.6 Å². The van der Waals surface area contributed by atoms with E-state index in [-0.39, 0.29) is 19.3 Å². The Bertz CT molecular complexity index is 1560. The van der Waals surface area contributed by atoms with Crippen LogP contribution in [0, 0.1) is 6.92 Å². The van der Waals surface area contributed by atoms with Crippen LogP contribution in [0.25, 0.3) is 10.9 Å². The molecule has 1 fully saturated rings. The lowest BCUT2D eigenvalue weighted by atomic mass is 9.99. The quantitative estimate of drug-likeness (QED) is 0.0521. The van der Waals surface area contributed by atoms with Gasteiger partial charge in [-0.25, -0.2) is 10.3 Å². The summed E-state index contributed by atoms with van der Waals surface area (Å²) < 4.78 is 22.4. The van der Waals surface area contributed by atoms with Crippen molar-refractivity contribution in [1.29, 1.82) is 0 Å². The molecule has 0 spiro atoms. The van der Waals surface area contributed by atoms with E-state index in [0.717, 1.165) is 29.6 Å². The van der Waals surface area contributed by atoms with Gasteiger partial charge in [0.15, 0.2) is 18.3 Å². The van der Waals surface area contributed by atoms with Crippen LogP contribution in [0.1, 0.15) is 65.1 Å². The number of hydroxylamine groups is 1. The number of benzene rings is 1. The average Bonchev–Trinajstić information content (AvgIpc) is 3.42. The SMILES string of the molecule is C=C\C(=C/C=C(C)/C=C/C(=O)NO[C@@H]1O[C@@H](C)[C@@H](OC(=O)CC)[C@@H](OC(=O)CC)[C@@H]1OC(=O)CC)CNCCc1c(C)[nH]c2ccccc12. The van der Waals surface area contributed by atoms with Gasteiger partial charge >= 0.3 is 17.9 Å². The smallest absolute Gasteiger partial charge is 0.306 e. The number of hydrogen-bond acceptors (Lipinski definition) is 10. The van der Waals surface area contributed by atoms with Gasteiger partial charge in [-0.3, -0.25) is 19.2 Å². The summed E-state index contributed by atoms with van der Waals surface area (Å²) in [4.78, 5) is 58.4. The summed E-state index contributed by atoms with van der Waals surface area (Å²) in [6, 6.07) is 8.29. The number of allylic oxidation sites excluding steroid dienone is 4. The molecule has 5 atom stereocenters. The van der Waals surface area contributed by atoms with Gasteiger partial charge in [0.2, 0.25) is 6.29 Å². The van der Waals surface area contributed by atoms with E-state index >= 15 is 0 Å². The molecule has 0 unspecified atom stereocenters. The van der Waals surface area contributed by atoms with Crippen molar-refractivity contribution in [1.82, 2.24) is 15.8 Å². The molecule has 2 aromatic rings. The van der Waals surface area contributed by atoms with Crippen molar-refractivity contribution in [2.75, 3.05) is 13.1 Å². The molecule has 0 saturated carbocycles. The van der Waals surface area contributed by atoms with Crippen LogP contribution in [0.3, 0.4) is 0 Å². The third-order valence-corrected chi connectivity index (χ3v) is 7.90. The Morgan fingerprint density at radius 3 is 2.20 bits per heavy atom. The second-order valence-corrected chi connectivity index (χ2v) is 11.6. The number of H-pyrrole nitrogens is 1. The molecule has 0 aliphatic carbocycles. The monoisotopic (exact) mass is 679 g/mol. The summed E-state index contributed by atoms with van der Waals surface area (Å²) in [5.41, 5.74) is 7.66. The third-order valence-electron chi connectivity index (χ3n) is 7.90. The van der Waals surface area contributed by atoms with Crippen molar-refractivity contribution >= 4 is 34.7 Å². The van der Waals surface area contributed by atoms with Crippen LogP contribution in [0.2, 0.25) is 0 Å². The van der Waals surface area contributed by atoms with Crippen molar-refractivity contribution < 1.29 is 43.0 Å².